The first-order chi connectivity index (χ1) is 6.45. The number of nitrogens with two attached hydrogens (primary N) is 1. The van der Waals surface area contributed by atoms with Crippen molar-refractivity contribution in [2.75, 3.05) is 16.8 Å². The first-order valence-corrected chi connectivity index (χ1v) is 5.15. The molecule has 1 rings (SSSR count). The standard InChI is InChI=1S/C7H11N3O3S/c1-9-6-2-4-7(5-3-6)10(8)14(11,12)13/h2-5,9H,8H2,1H3,(H,11,12,13). The molecule has 6 nitrogen and oxygen atoms in total. The van der Waals surface area contributed by atoms with Gasteiger partial charge in [0.15, 0.2) is 0 Å². The van der Waals surface area contributed by atoms with E-state index in [1.165, 1.54) is 12.1 Å². The van der Waals surface area contributed by atoms with Crippen LogP contribution >= 0.6 is 0 Å². The smallest absolute Gasteiger partial charge is 0.373 e. The molecule has 0 heterocycles. The highest BCUT2D eigenvalue weighted by molar-refractivity contribution is 7.87. The van der Waals surface area contributed by atoms with E-state index in [9.17, 15) is 8.42 Å². The van der Waals surface area contributed by atoms with Gasteiger partial charge in [0.2, 0.25) is 0 Å². The van der Waals surface area contributed by atoms with E-state index >= 15 is 0 Å². The molecular formula is C7H11N3O3S. The summed E-state index contributed by atoms with van der Waals surface area (Å²) in [6.45, 7) is 0. The number of nitrogens with zero attached hydrogens (tertiary/aromatic N) is 1. The lowest BCUT2D eigenvalue weighted by molar-refractivity contribution is 0.478. The van der Waals surface area contributed by atoms with Crippen LogP contribution in [0.1, 0.15) is 0 Å². The Morgan fingerprint density at radius 2 is 1.86 bits per heavy atom. The van der Waals surface area contributed by atoms with Gasteiger partial charge < -0.3 is 5.32 Å². The Hall–Kier alpha value is -1.31. The van der Waals surface area contributed by atoms with Crippen molar-refractivity contribution in [1.29, 1.82) is 0 Å². The van der Waals surface area contributed by atoms with Crippen molar-refractivity contribution in [2.45, 2.75) is 0 Å². The van der Waals surface area contributed by atoms with Crippen LogP contribution in [0.25, 0.3) is 0 Å². The Kier molecular flexibility index (Phi) is 2.94. The van der Waals surface area contributed by atoms with Gasteiger partial charge in [0.25, 0.3) is 0 Å². The lowest BCUT2D eigenvalue weighted by Gasteiger charge is -2.14. The molecule has 0 spiro atoms. The second-order valence-electron chi connectivity index (χ2n) is 2.57. The highest BCUT2D eigenvalue weighted by Gasteiger charge is 2.14. The highest BCUT2D eigenvalue weighted by Crippen LogP contribution is 2.16. The van der Waals surface area contributed by atoms with Crippen LogP contribution in [0.5, 0.6) is 0 Å². The number of nitrogens with one attached hydrogen (secondary N) is 1. The molecule has 0 radical (unpaired) electrons. The molecule has 1 aromatic carbocycles. The maximum Gasteiger partial charge on any atom is 0.373 e. The third-order valence-electron chi connectivity index (χ3n) is 1.66. The quantitative estimate of drug-likeness (QED) is 0.382. The van der Waals surface area contributed by atoms with Gasteiger partial charge in [-0.05, 0) is 24.3 Å². The van der Waals surface area contributed by atoms with Crippen LogP contribution < -0.4 is 15.6 Å². The van der Waals surface area contributed by atoms with Crippen molar-refractivity contribution in [3.8, 4) is 0 Å². The summed E-state index contributed by atoms with van der Waals surface area (Å²) in [5.41, 5.74) is 1.00. The molecule has 0 amide bonds. The Morgan fingerprint density at radius 1 is 1.36 bits per heavy atom. The highest BCUT2D eigenvalue weighted by atomic mass is 32.2. The molecule has 0 aromatic heterocycles. The van der Waals surface area contributed by atoms with E-state index < -0.39 is 10.3 Å². The second-order valence-corrected chi connectivity index (χ2v) is 3.86. The first-order valence-electron chi connectivity index (χ1n) is 3.75. The van der Waals surface area contributed by atoms with Crippen molar-refractivity contribution >= 4 is 21.7 Å². The summed E-state index contributed by atoms with van der Waals surface area (Å²) in [4.78, 5) is 0. The van der Waals surface area contributed by atoms with E-state index in [2.05, 4.69) is 5.32 Å². The average Bonchev–Trinajstić information content (AvgIpc) is 2.15. The minimum Gasteiger partial charge on any atom is -0.388 e. The van der Waals surface area contributed by atoms with Gasteiger partial charge in [0.05, 0.1) is 5.69 Å². The molecule has 0 aliphatic heterocycles. The molecule has 78 valence electrons. The predicted octanol–water partition coefficient (Wildman–Crippen LogP) is 0.211. The minimum atomic E-state index is -4.38. The van der Waals surface area contributed by atoms with Crippen LogP contribution in [0, 0.1) is 0 Å². The molecule has 1 aromatic rings. The number of rotatable bonds is 3. The molecular weight excluding hydrogens is 206 g/mol. The van der Waals surface area contributed by atoms with Crippen LogP contribution in [0.4, 0.5) is 11.4 Å². The largest absolute Gasteiger partial charge is 0.388 e. The third-order valence-corrected chi connectivity index (χ3v) is 2.37. The van der Waals surface area contributed by atoms with Gasteiger partial charge in [-0.15, -0.1) is 0 Å². The Bertz CT molecular complexity index is 401. The summed E-state index contributed by atoms with van der Waals surface area (Å²) >= 11 is 0. The van der Waals surface area contributed by atoms with E-state index in [4.69, 9.17) is 10.4 Å². The number of anilines is 2. The van der Waals surface area contributed by atoms with E-state index in [1.54, 1.807) is 19.2 Å². The first kappa shape index (κ1) is 10.8. The zero-order chi connectivity index (χ0) is 10.8. The fourth-order valence-electron chi connectivity index (χ4n) is 0.908. The molecule has 0 unspecified atom stereocenters. The summed E-state index contributed by atoms with van der Waals surface area (Å²) in [6.07, 6.45) is 0. The Morgan fingerprint density at radius 3 is 2.21 bits per heavy atom. The van der Waals surface area contributed by atoms with Gasteiger partial charge in [0, 0.05) is 12.7 Å². The summed E-state index contributed by atoms with van der Waals surface area (Å²) in [7, 11) is -2.65. The lowest BCUT2D eigenvalue weighted by atomic mass is 10.3. The van der Waals surface area contributed by atoms with Gasteiger partial charge in [-0.25, -0.2) is 5.84 Å². The van der Waals surface area contributed by atoms with Crippen LogP contribution in [-0.4, -0.2) is 20.0 Å². The van der Waals surface area contributed by atoms with Gasteiger partial charge in [-0.1, -0.05) is 0 Å². The average molecular weight is 217 g/mol. The van der Waals surface area contributed by atoms with E-state index in [-0.39, 0.29) is 5.69 Å². The molecule has 14 heavy (non-hydrogen) atoms. The van der Waals surface area contributed by atoms with Crippen LogP contribution in [0.15, 0.2) is 24.3 Å². The van der Waals surface area contributed by atoms with E-state index in [0.29, 0.717) is 4.41 Å². The summed E-state index contributed by atoms with van der Waals surface area (Å²) in [6, 6.07) is 6.22. The Balaban J connectivity index is 2.98. The summed E-state index contributed by atoms with van der Waals surface area (Å²) in [5, 5.41) is 2.86. The normalized spacial score (nSPS) is 11.1. The fourth-order valence-corrected chi connectivity index (χ4v) is 1.30. The van der Waals surface area contributed by atoms with Gasteiger partial charge in [0.1, 0.15) is 0 Å². The van der Waals surface area contributed by atoms with Crippen molar-refractivity contribution in [2.24, 2.45) is 5.84 Å². The van der Waals surface area contributed by atoms with E-state index in [0.717, 1.165) is 5.69 Å². The number of hydrogen-bond donors (Lipinski definition) is 3. The van der Waals surface area contributed by atoms with E-state index in [1.807, 2.05) is 0 Å². The molecule has 0 aliphatic rings. The number of hydrogen-bond acceptors (Lipinski definition) is 4. The van der Waals surface area contributed by atoms with Gasteiger partial charge in [-0.2, -0.15) is 12.8 Å². The number of benzene rings is 1. The van der Waals surface area contributed by atoms with Crippen molar-refractivity contribution in [1.82, 2.24) is 0 Å². The molecule has 0 saturated heterocycles. The molecule has 0 atom stereocenters. The van der Waals surface area contributed by atoms with Crippen molar-refractivity contribution < 1.29 is 13.0 Å². The summed E-state index contributed by atoms with van der Waals surface area (Å²) in [5.74, 6) is 5.14. The third kappa shape index (κ3) is 2.34. The minimum absolute atomic E-state index is 0.187. The van der Waals surface area contributed by atoms with Gasteiger partial charge in [-0.3, -0.25) is 4.55 Å². The molecule has 0 bridgehead atoms. The Labute approximate surface area is 82.2 Å². The lowest BCUT2D eigenvalue weighted by Crippen LogP contribution is -2.36. The SMILES string of the molecule is CNc1ccc(N(N)S(=O)(=O)O)cc1. The number of hydrazine groups is 1. The summed E-state index contributed by atoms with van der Waals surface area (Å²) < 4.78 is 30.2. The van der Waals surface area contributed by atoms with Crippen LogP contribution in [0.2, 0.25) is 0 Å². The zero-order valence-electron chi connectivity index (χ0n) is 7.51. The van der Waals surface area contributed by atoms with Gasteiger partial charge >= 0.3 is 10.3 Å². The predicted molar refractivity (Wildman–Crippen MR) is 54.2 cm³/mol. The fraction of sp³-hybridized carbons (Fsp3) is 0.143. The van der Waals surface area contributed by atoms with Crippen LogP contribution in [0.3, 0.4) is 0 Å². The van der Waals surface area contributed by atoms with Crippen molar-refractivity contribution in [3.05, 3.63) is 24.3 Å². The maximum atomic E-state index is 10.6. The van der Waals surface area contributed by atoms with Crippen LogP contribution in [-0.2, 0) is 10.3 Å². The second kappa shape index (κ2) is 3.82. The van der Waals surface area contributed by atoms with Crippen molar-refractivity contribution in [3.63, 3.8) is 0 Å². The topological polar surface area (TPSA) is 95.7 Å². The molecule has 0 saturated carbocycles. The molecule has 0 fully saturated rings. The molecule has 7 heteroatoms. The monoisotopic (exact) mass is 217 g/mol. The molecule has 0 aliphatic carbocycles. The maximum absolute atomic E-state index is 10.6. The molecule has 4 N–H and O–H groups in total. The zero-order valence-corrected chi connectivity index (χ0v) is 8.32.